The molecule has 1 heterocycles. The third-order valence-corrected chi connectivity index (χ3v) is 11.9. The summed E-state index contributed by atoms with van der Waals surface area (Å²) in [6.07, 6.45) is 9.04. The molecule has 0 fully saturated rings. The summed E-state index contributed by atoms with van der Waals surface area (Å²) >= 11 is 0. The number of allylic oxidation sites excluding steroid dienone is 4. The molecule has 1 aromatic heterocycles. The number of hydrogen-bond donors (Lipinski definition) is 0. The van der Waals surface area contributed by atoms with E-state index in [4.69, 9.17) is 4.42 Å². The molecule has 2 heteroatoms. The SMILES string of the molecule is C1=CC(c2ccc(-c3ccc4oc5c6ccccc6c(-c6ccccc6)cc5c4c3N(c3ccc(-c4ccccc4)cc3)c3ccc(-c4ccccc4)cc3)cc2)=CCC1. The molecule has 0 N–H and O–H groups in total. The Balaban J connectivity index is 1.21. The molecule has 0 saturated heterocycles. The van der Waals surface area contributed by atoms with Gasteiger partial charge >= 0.3 is 0 Å². The van der Waals surface area contributed by atoms with Crippen LogP contribution >= 0.6 is 0 Å². The van der Waals surface area contributed by atoms with E-state index in [-0.39, 0.29) is 0 Å². The molecule has 0 amide bonds. The Hall–Kier alpha value is -7.68. The van der Waals surface area contributed by atoms with Gasteiger partial charge in [-0.2, -0.15) is 0 Å². The highest BCUT2D eigenvalue weighted by atomic mass is 16.3. The molecule has 0 atom stereocenters. The molecule has 0 radical (unpaired) electrons. The number of anilines is 3. The van der Waals surface area contributed by atoms with E-state index >= 15 is 0 Å². The van der Waals surface area contributed by atoms with E-state index in [1.807, 2.05) is 0 Å². The minimum absolute atomic E-state index is 0.847. The maximum absolute atomic E-state index is 7.02. The van der Waals surface area contributed by atoms with Gasteiger partial charge in [0.1, 0.15) is 11.2 Å². The topological polar surface area (TPSA) is 16.4 Å². The second-order valence-corrected chi connectivity index (χ2v) is 15.5. The molecule has 284 valence electrons. The monoisotopic (exact) mass is 767 g/mol. The summed E-state index contributed by atoms with van der Waals surface area (Å²) in [5.41, 5.74) is 16.8. The summed E-state index contributed by atoms with van der Waals surface area (Å²) < 4.78 is 7.02. The molecule has 1 aliphatic carbocycles. The molecule has 0 unspecified atom stereocenters. The van der Waals surface area contributed by atoms with E-state index < -0.39 is 0 Å². The van der Waals surface area contributed by atoms with Crippen molar-refractivity contribution in [3.05, 3.63) is 230 Å². The van der Waals surface area contributed by atoms with Gasteiger partial charge in [-0.3, -0.25) is 0 Å². The molecule has 9 aromatic carbocycles. The van der Waals surface area contributed by atoms with E-state index in [1.54, 1.807) is 0 Å². The van der Waals surface area contributed by atoms with Crippen molar-refractivity contribution in [3.8, 4) is 44.5 Å². The lowest BCUT2D eigenvalue weighted by Crippen LogP contribution is -2.12. The van der Waals surface area contributed by atoms with Crippen molar-refractivity contribution in [1.29, 1.82) is 0 Å². The van der Waals surface area contributed by atoms with E-state index in [9.17, 15) is 0 Å². The molecule has 0 spiro atoms. The van der Waals surface area contributed by atoms with Crippen LogP contribution < -0.4 is 4.90 Å². The second kappa shape index (κ2) is 15.2. The van der Waals surface area contributed by atoms with Gasteiger partial charge in [-0.25, -0.2) is 0 Å². The first-order valence-corrected chi connectivity index (χ1v) is 20.8. The highest BCUT2D eigenvalue weighted by molar-refractivity contribution is 6.24. The number of nitrogens with zero attached hydrogens (tertiary/aromatic N) is 1. The van der Waals surface area contributed by atoms with Gasteiger partial charge < -0.3 is 9.32 Å². The van der Waals surface area contributed by atoms with Crippen LogP contribution in [0.15, 0.2) is 229 Å². The summed E-state index contributed by atoms with van der Waals surface area (Å²) in [5.74, 6) is 0. The molecule has 0 aliphatic heterocycles. The van der Waals surface area contributed by atoms with Gasteiger partial charge in [-0.15, -0.1) is 0 Å². The van der Waals surface area contributed by atoms with Crippen LogP contribution in [0.1, 0.15) is 18.4 Å². The summed E-state index contributed by atoms with van der Waals surface area (Å²) in [6.45, 7) is 0. The summed E-state index contributed by atoms with van der Waals surface area (Å²) in [6, 6.07) is 74.4. The Morgan fingerprint density at radius 2 is 0.883 bits per heavy atom. The van der Waals surface area contributed by atoms with Crippen LogP contribution in [0.25, 0.3) is 82.8 Å². The fourth-order valence-electron chi connectivity index (χ4n) is 8.94. The highest BCUT2D eigenvalue weighted by Crippen LogP contribution is 2.50. The fraction of sp³-hybridized carbons (Fsp3) is 0.0345. The van der Waals surface area contributed by atoms with Gasteiger partial charge in [-0.1, -0.05) is 182 Å². The van der Waals surface area contributed by atoms with E-state index in [2.05, 4.69) is 229 Å². The number of rotatable bonds is 8. The first kappa shape index (κ1) is 35.5. The molecular weight excluding hydrogens is 727 g/mol. The van der Waals surface area contributed by atoms with Crippen molar-refractivity contribution >= 4 is 55.3 Å². The Bertz CT molecular complexity index is 3110. The number of furan rings is 1. The van der Waals surface area contributed by atoms with Gasteiger partial charge in [0.15, 0.2) is 0 Å². The van der Waals surface area contributed by atoms with Crippen LogP contribution in [0.2, 0.25) is 0 Å². The molecule has 2 nitrogen and oxygen atoms in total. The lowest BCUT2D eigenvalue weighted by molar-refractivity contribution is 0.673. The summed E-state index contributed by atoms with van der Waals surface area (Å²) in [4.78, 5) is 2.44. The quantitative estimate of drug-likeness (QED) is 0.153. The average molecular weight is 768 g/mol. The lowest BCUT2D eigenvalue weighted by Gasteiger charge is -2.29. The maximum Gasteiger partial charge on any atom is 0.143 e. The molecule has 0 saturated carbocycles. The van der Waals surface area contributed by atoms with E-state index in [1.165, 1.54) is 49.9 Å². The predicted octanol–water partition coefficient (Wildman–Crippen LogP) is 16.6. The van der Waals surface area contributed by atoms with Crippen LogP contribution in [-0.4, -0.2) is 0 Å². The van der Waals surface area contributed by atoms with Gasteiger partial charge in [-0.05, 0) is 111 Å². The molecule has 1 aliphatic rings. The van der Waals surface area contributed by atoms with Crippen LogP contribution in [0.3, 0.4) is 0 Å². The normalized spacial score (nSPS) is 12.6. The largest absolute Gasteiger partial charge is 0.455 e. The predicted molar refractivity (Wildman–Crippen MR) is 254 cm³/mol. The third kappa shape index (κ3) is 6.40. The third-order valence-electron chi connectivity index (χ3n) is 11.9. The van der Waals surface area contributed by atoms with Gasteiger partial charge in [0, 0.05) is 27.7 Å². The van der Waals surface area contributed by atoms with Gasteiger partial charge in [0.2, 0.25) is 0 Å². The average Bonchev–Trinajstić information content (AvgIpc) is 3.72. The van der Waals surface area contributed by atoms with E-state index in [0.717, 1.165) is 68.4 Å². The molecule has 0 bridgehead atoms. The zero-order valence-electron chi connectivity index (χ0n) is 33.1. The fourth-order valence-corrected chi connectivity index (χ4v) is 8.94. The van der Waals surface area contributed by atoms with Crippen LogP contribution in [0.5, 0.6) is 0 Å². The zero-order chi connectivity index (χ0) is 39.8. The zero-order valence-corrected chi connectivity index (χ0v) is 33.1. The Morgan fingerprint density at radius 1 is 0.383 bits per heavy atom. The first-order chi connectivity index (χ1) is 29.8. The standard InChI is InChI=1S/C58H41NO/c1-5-15-40(16-6-1)43-25-27-47(28-26-43)50-37-38-55-56(54-39-53(46-21-11-4-12-22-46)51-23-13-14-24-52(51)58(54)60-55)57(50)59(48-33-29-44(30-34-48)41-17-7-2-8-18-41)49-35-31-45(32-36-49)42-19-9-3-10-20-42/h2-5,7-39H,1,6H2. The maximum atomic E-state index is 7.02. The lowest BCUT2D eigenvalue weighted by atomic mass is 9.92. The first-order valence-electron chi connectivity index (χ1n) is 20.8. The molecule has 10 aromatic rings. The smallest absolute Gasteiger partial charge is 0.143 e. The van der Waals surface area contributed by atoms with Crippen molar-refractivity contribution < 1.29 is 4.42 Å². The minimum Gasteiger partial charge on any atom is -0.455 e. The minimum atomic E-state index is 0.847. The highest BCUT2D eigenvalue weighted by Gasteiger charge is 2.26. The molecular formula is C58H41NO. The van der Waals surface area contributed by atoms with Crippen molar-refractivity contribution in [2.45, 2.75) is 12.8 Å². The number of hydrogen-bond acceptors (Lipinski definition) is 2. The van der Waals surface area contributed by atoms with Crippen LogP contribution in [0.4, 0.5) is 17.1 Å². The van der Waals surface area contributed by atoms with Crippen molar-refractivity contribution in [2.24, 2.45) is 0 Å². The molecule has 60 heavy (non-hydrogen) atoms. The Morgan fingerprint density at radius 3 is 1.47 bits per heavy atom. The van der Waals surface area contributed by atoms with Gasteiger partial charge in [0.05, 0.1) is 11.1 Å². The van der Waals surface area contributed by atoms with Crippen molar-refractivity contribution in [3.63, 3.8) is 0 Å². The second-order valence-electron chi connectivity index (χ2n) is 15.5. The Labute approximate surface area is 350 Å². The summed E-state index contributed by atoms with van der Waals surface area (Å²) in [7, 11) is 0. The Kier molecular flexibility index (Phi) is 9.02. The summed E-state index contributed by atoms with van der Waals surface area (Å²) in [5, 5.41) is 4.43. The van der Waals surface area contributed by atoms with Crippen LogP contribution in [0, 0.1) is 0 Å². The van der Waals surface area contributed by atoms with Crippen molar-refractivity contribution in [2.75, 3.05) is 4.90 Å². The van der Waals surface area contributed by atoms with Gasteiger partial charge in [0.25, 0.3) is 0 Å². The van der Waals surface area contributed by atoms with Crippen LogP contribution in [-0.2, 0) is 0 Å². The number of benzene rings is 9. The molecule has 11 rings (SSSR count). The van der Waals surface area contributed by atoms with E-state index in [0.29, 0.717) is 0 Å². The number of fused-ring (bicyclic) bond motifs is 5. The van der Waals surface area contributed by atoms with Crippen molar-refractivity contribution in [1.82, 2.24) is 0 Å².